The standard InChI is InChI=1S/C23H22O2S.C2H6/c1-17-10-13-21(9-5-8-20(17)16-24)26-22-14-11-19(12-15-22)23(25)18-6-3-2-4-7-18;1-2/h2-4,6-9,11-12,14-17H,5,10,13H2,1H3;1-2H3/b20-8?,21-9+;. The van der Waals surface area contributed by atoms with Crippen molar-refractivity contribution < 1.29 is 9.59 Å². The smallest absolute Gasteiger partial charge is 0.193 e. The van der Waals surface area contributed by atoms with E-state index < -0.39 is 0 Å². The maximum Gasteiger partial charge on any atom is 0.193 e. The van der Waals surface area contributed by atoms with Crippen LogP contribution in [-0.2, 0) is 4.79 Å². The average molecular weight is 393 g/mol. The molecule has 0 radical (unpaired) electrons. The van der Waals surface area contributed by atoms with E-state index in [1.807, 2.05) is 74.5 Å². The molecular weight excluding hydrogens is 364 g/mol. The van der Waals surface area contributed by atoms with E-state index in [0.717, 1.165) is 36.0 Å². The summed E-state index contributed by atoms with van der Waals surface area (Å²) >= 11 is 1.75. The lowest BCUT2D eigenvalue weighted by Gasteiger charge is -2.16. The topological polar surface area (TPSA) is 34.1 Å². The van der Waals surface area contributed by atoms with Crippen molar-refractivity contribution in [1.82, 2.24) is 0 Å². The van der Waals surface area contributed by atoms with Gasteiger partial charge in [-0.25, -0.2) is 0 Å². The van der Waals surface area contributed by atoms with Gasteiger partial charge in [-0.15, -0.1) is 0 Å². The first kappa shape index (κ1) is 21.9. The molecule has 0 N–H and O–H groups in total. The van der Waals surface area contributed by atoms with Crippen LogP contribution in [0, 0.1) is 5.92 Å². The fourth-order valence-electron chi connectivity index (χ4n) is 2.99. The molecule has 3 rings (SSSR count). The lowest BCUT2D eigenvalue weighted by atomic mass is 9.94. The maximum atomic E-state index is 12.5. The number of allylic oxidation sites excluding steroid dienone is 4. The zero-order chi connectivity index (χ0) is 20.4. The molecule has 28 heavy (non-hydrogen) atoms. The van der Waals surface area contributed by atoms with Gasteiger partial charge in [-0.1, -0.05) is 75.0 Å². The van der Waals surface area contributed by atoms with Crippen molar-refractivity contribution >= 4 is 23.8 Å². The zero-order valence-electron chi connectivity index (χ0n) is 16.9. The van der Waals surface area contributed by atoms with Crippen LogP contribution >= 0.6 is 11.8 Å². The SMILES string of the molecule is CC.CC1CC/C(Sc2ccc(C(=O)c3ccccc3)cc2)=C\CC=C1C=O. The molecule has 1 aliphatic carbocycles. The molecule has 2 aromatic carbocycles. The predicted molar refractivity (Wildman–Crippen MR) is 119 cm³/mol. The van der Waals surface area contributed by atoms with Gasteiger partial charge in [0.1, 0.15) is 6.29 Å². The number of benzene rings is 2. The van der Waals surface area contributed by atoms with E-state index in [1.165, 1.54) is 4.91 Å². The van der Waals surface area contributed by atoms with Crippen LogP contribution in [0.1, 0.15) is 56.0 Å². The van der Waals surface area contributed by atoms with Gasteiger partial charge in [0.15, 0.2) is 5.78 Å². The molecule has 1 unspecified atom stereocenters. The third kappa shape index (κ3) is 6.07. The molecule has 146 valence electrons. The number of carbonyl (C=O) groups excluding carboxylic acids is 2. The molecule has 1 aliphatic rings. The van der Waals surface area contributed by atoms with Gasteiger partial charge in [0.2, 0.25) is 0 Å². The van der Waals surface area contributed by atoms with Crippen LogP contribution in [0.4, 0.5) is 0 Å². The second kappa shape index (κ2) is 11.5. The van der Waals surface area contributed by atoms with Crippen LogP contribution in [0.3, 0.4) is 0 Å². The zero-order valence-corrected chi connectivity index (χ0v) is 17.7. The highest BCUT2D eigenvalue weighted by Crippen LogP contribution is 2.33. The van der Waals surface area contributed by atoms with E-state index in [4.69, 9.17) is 0 Å². The van der Waals surface area contributed by atoms with Gasteiger partial charge < -0.3 is 0 Å². The van der Waals surface area contributed by atoms with Crippen molar-refractivity contribution in [3.8, 4) is 0 Å². The normalized spacial score (nSPS) is 18.3. The molecule has 0 saturated carbocycles. The van der Waals surface area contributed by atoms with E-state index in [2.05, 4.69) is 13.0 Å². The lowest BCUT2D eigenvalue weighted by Crippen LogP contribution is -2.03. The first-order valence-corrected chi connectivity index (χ1v) is 10.7. The Labute approximate surface area is 172 Å². The van der Waals surface area contributed by atoms with Crippen LogP contribution in [0.15, 0.2) is 82.1 Å². The Balaban J connectivity index is 0.00000136. The molecule has 0 amide bonds. The first-order chi connectivity index (χ1) is 13.7. The monoisotopic (exact) mass is 392 g/mol. The number of hydrogen-bond donors (Lipinski definition) is 0. The van der Waals surface area contributed by atoms with Gasteiger partial charge in [0.25, 0.3) is 0 Å². The molecule has 3 heteroatoms. The minimum atomic E-state index is 0.0488. The lowest BCUT2D eigenvalue weighted by molar-refractivity contribution is -0.105. The van der Waals surface area contributed by atoms with E-state index in [1.54, 1.807) is 11.8 Å². The van der Waals surface area contributed by atoms with E-state index >= 15 is 0 Å². The summed E-state index contributed by atoms with van der Waals surface area (Å²) in [5, 5.41) is 0. The Morgan fingerprint density at radius 2 is 1.61 bits per heavy atom. The molecule has 0 fully saturated rings. The molecule has 0 aliphatic heterocycles. The van der Waals surface area contributed by atoms with Crippen molar-refractivity contribution in [3.63, 3.8) is 0 Å². The number of ketones is 1. The van der Waals surface area contributed by atoms with E-state index in [9.17, 15) is 9.59 Å². The highest BCUT2D eigenvalue weighted by molar-refractivity contribution is 8.03. The third-order valence-electron chi connectivity index (χ3n) is 4.63. The highest BCUT2D eigenvalue weighted by atomic mass is 32.2. The summed E-state index contributed by atoms with van der Waals surface area (Å²) in [6, 6.07) is 17.2. The minimum absolute atomic E-state index is 0.0488. The largest absolute Gasteiger partial charge is 0.298 e. The number of aldehydes is 1. The Morgan fingerprint density at radius 3 is 2.25 bits per heavy atom. The third-order valence-corrected chi connectivity index (χ3v) is 5.77. The average Bonchev–Trinajstić information content (AvgIpc) is 2.75. The summed E-state index contributed by atoms with van der Waals surface area (Å²) in [4.78, 5) is 26.0. The maximum absolute atomic E-state index is 12.5. The summed E-state index contributed by atoms with van der Waals surface area (Å²) in [5.74, 6) is 0.357. The van der Waals surface area contributed by atoms with E-state index in [-0.39, 0.29) is 5.78 Å². The molecule has 0 spiro atoms. The summed E-state index contributed by atoms with van der Waals surface area (Å²) in [5.41, 5.74) is 2.33. The van der Waals surface area contributed by atoms with Crippen LogP contribution in [0.2, 0.25) is 0 Å². The highest BCUT2D eigenvalue weighted by Gasteiger charge is 2.13. The summed E-state index contributed by atoms with van der Waals surface area (Å²) in [6.45, 7) is 6.11. The number of rotatable bonds is 5. The van der Waals surface area contributed by atoms with Crippen LogP contribution < -0.4 is 0 Å². The van der Waals surface area contributed by atoms with Gasteiger partial charge in [0, 0.05) is 16.0 Å². The van der Waals surface area contributed by atoms with Gasteiger partial charge in [-0.05, 0) is 59.9 Å². The van der Waals surface area contributed by atoms with Crippen molar-refractivity contribution in [2.75, 3.05) is 0 Å². The molecule has 0 heterocycles. The molecular formula is C25H28O2S. The second-order valence-corrected chi connectivity index (χ2v) is 7.69. The first-order valence-electron chi connectivity index (χ1n) is 9.89. The number of carbonyl (C=O) groups is 2. The van der Waals surface area contributed by atoms with Crippen LogP contribution in [-0.4, -0.2) is 12.1 Å². The fourth-order valence-corrected chi connectivity index (χ4v) is 3.97. The van der Waals surface area contributed by atoms with Crippen molar-refractivity contribution in [3.05, 3.63) is 88.4 Å². The van der Waals surface area contributed by atoms with Gasteiger partial charge in [-0.2, -0.15) is 0 Å². The van der Waals surface area contributed by atoms with Crippen molar-refractivity contribution in [2.24, 2.45) is 5.92 Å². The summed E-state index contributed by atoms with van der Waals surface area (Å²) < 4.78 is 0. The minimum Gasteiger partial charge on any atom is -0.298 e. The number of thioether (sulfide) groups is 1. The van der Waals surface area contributed by atoms with Crippen molar-refractivity contribution in [1.29, 1.82) is 0 Å². The van der Waals surface area contributed by atoms with Crippen LogP contribution in [0.5, 0.6) is 0 Å². The second-order valence-electron chi connectivity index (χ2n) is 6.49. The van der Waals surface area contributed by atoms with E-state index in [0.29, 0.717) is 17.0 Å². The Bertz CT molecular complexity index is 833. The van der Waals surface area contributed by atoms with Gasteiger partial charge >= 0.3 is 0 Å². The van der Waals surface area contributed by atoms with Gasteiger partial charge in [-0.3, -0.25) is 9.59 Å². The van der Waals surface area contributed by atoms with Gasteiger partial charge in [0.05, 0.1) is 0 Å². The molecule has 0 bridgehead atoms. The van der Waals surface area contributed by atoms with Crippen molar-refractivity contribution in [2.45, 2.75) is 44.9 Å². The molecule has 0 aromatic heterocycles. The molecule has 0 saturated heterocycles. The predicted octanol–water partition coefficient (Wildman–Crippen LogP) is 6.87. The molecule has 2 nitrogen and oxygen atoms in total. The Morgan fingerprint density at radius 1 is 0.964 bits per heavy atom. The Kier molecular flexibility index (Phi) is 8.96. The number of hydrogen-bond acceptors (Lipinski definition) is 3. The summed E-state index contributed by atoms with van der Waals surface area (Å²) in [7, 11) is 0. The molecule has 1 atom stereocenters. The summed E-state index contributed by atoms with van der Waals surface area (Å²) in [6.07, 6.45) is 7.96. The molecule has 2 aromatic rings. The fraction of sp³-hybridized carbons (Fsp3) is 0.280. The quantitative estimate of drug-likeness (QED) is 0.411. The Hall–Kier alpha value is -2.39. The van der Waals surface area contributed by atoms with Crippen LogP contribution in [0.25, 0.3) is 0 Å².